The molecule has 0 saturated heterocycles. The minimum atomic E-state index is -0.377. The smallest absolute Gasteiger partial charge is 0.0622 e. The minimum Gasteiger partial charge on any atom is -0.316 e. The molecule has 0 fully saturated rings. The van der Waals surface area contributed by atoms with Gasteiger partial charge >= 0.3 is 0 Å². The van der Waals surface area contributed by atoms with Crippen LogP contribution in [-0.4, -0.2) is 5.21 Å². The topological polar surface area (TPSA) is 32.3 Å². The van der Waals surface area contributed by atoms with E-state index >= 15 is 0 Å². The lowest BCUT2D eigenvalue weighted by Crippen LogP contribution is -2.33. The molecule has 13 heavy (non-hydrogen) atoms. The zero-order valence-corrected chi connectivity index (χ0v) is 8.68. The van der Waals surface area contributed by atoms with Crippen molar-refractivity contribution >= 4 is 0 Å². The Morgan fingerprint density at radius 1 is 1.15 bits per heavy atom. The molecule has 1 aromatic carbocycles. The summed E-state index contributed by atoms with van der Waals surface area (Å²) in [4.78, 5) is 0. The third kappa shape index (κ3) is 2.08. The summed E-state index contributed by atoms with van der Waals surface area (Å²) < 4.78 is 0. The van der Waals surface area contributed by atoms with Crippen LogP contribution in [0.3, 0.4) is 0 Å². The van der Waals surface area contributed by atoms with Crippen molar-refractivity contribution in [3.05, 3.63) is 34.9 Å². The summed E-state index contributed by atoms with van der Waals surface area (Å²) in [5, 5.41) is 8.96. The molecule has 0 spiro atoms. The highest BCUT2D eigenvalue weighted by Gasteiger charge is 2.18. The van der Waals surface area contributed by atoms with Gasteiger partial charge in [0.1, 0.15) is 0 Å². The van der Waals surface area contributed by atoms with Crippen LogP contribution in [0.15, 0.2) is 18.2 Å². The quantitative estimate of drug-likeness (QED) is 0.684. The Morgan fingerprint density at radius 3 is 2.23 bits per heavy atom. The molecule has 1 aromatic rings. The first kappa shape index (κ1) is 10.2. The van der Waals surface area contributed by atoms with Crippen LogP contribution < -0.4 is 5.48 Å². The largest absolute Gasteiger partial charge is 0.316 e. The molecule has 72 valence electrons. The van der Waals surface area contributed by atoms with Crippen molar-refractivity contribution in [3.63, 3.8) is 0 Å². The second kappa shape index (κ2) is 3.48. The molecule has 2 heteroatoms. The summed E-state index contributed by atoms with van der Waals surface area (Å²) in [7, 11) is 0. The Bertz CT molecular complexity index is 305. The Kier molecular flexibility index (Phi) is 2.74. The fraction of sp³-hybridized carbons (Fsp3) is 0.455. The summed E-state index contributed by atoms with van der Waals surface area (Å²) in [6, 6.07) is 6.20. The van der Waals surface area contributed by atoms with E-state index in [0.29, 0.717) is 0 Å². The number of benzene rings is 1. The highest BCUT2D eigenvalue weighted by atomic mass is 16.5. The van der Waals surface area contributed by atoms with Crippen LogP contribution in [0.25, 0.3) is 0 Å². The van der Waals surface area contributed by atoms with E-state index < -0.39 is 0 Å². The molecule has 0 bridgehead atoms. The highest BCUT2D eigenvalue weighted by Crippen LogP contribution is 2.21. The number of rotatable bonds is 2. The first-order valence-electron chi connectivity index (χ1n) is 4.46. The molecule has 0 aliphatic rings. The van der Waals surface area contributed by atoms with Crippen molar-refractivity contribution in [2.75, 3.05) is 0 Å². The maximum Gasteiger partial charge on any atom is 0.0622 e. The molecule has 0 unspecified atom stereocenters. The molecule has 0 aromatic heterocycles. The molecule has 0 aliphatic heterocycles. The van der Waals surface area contributed by atoms with Gasteiger partial charge in [-0.05, 0) is 44.4 Å². The van der Waals surface area contributed by atoms with Crippen LogP contribution >= 0.6 is 0 Å². The maximum atomic E-state index is 8.96. The lowest BCUT2D eigenvalue weighted by atomic mass is 9.92. The van der Waals surface area contributed by atoms with E-state index in [-0.39, 0.29) is 5.54 Å². The Morgan fingerprint density at radius 2 is 1.77 bits per heavy atom. The van der Waals surface area contributed by atoms with Crippen molar-refractivity contribution < 1.29 is 5.21 Å². The first-order chi connectivity index (χ1) is 5.97. The van der Waals surface area contributed by atoms with Gasteiger partial charge in [0.2, 0.25) is 0 Å². The van der Waals surface area contributed by atoms with Gasteiger partial charge in [-0.2, -0.15) is 5.48 Å². The van der Waals surface area contributed by atoms with Crippen molar-refractivity contribution in [2.24, 2.45) is 0 Å². The molecular formula is C11H17NO. The molecule has 0 heterocycles. The molecule has 2 nitrogen and oxygen atoms in total. The third-order valence-corrected chi connectivity index (χ3v) is 2.51. The van der Waals surface area contributed by atoms with Gasteiger partial charge in [0.05, 0.1) is 5.54 Å². The molecule has 0 amide bonds. The van der Waals surface area contributed by atoms with E-state index in [1.165, 1.54) is 11.1 Å². The van der Waals surface area contributed by atoms with Gasteiger partial charge in [0.15, 0.2) is 0 Å². The monoisotopic (exact) mass is 179 g/mol. The third-order valence-electron chi connectivity index (χ3n) is 2.51. The molecule has 0 radical (unpaired) electrons. The van der Waals surface area contributed by atoms with Crippen LogP contribution in [-0.2, 0) is 5.54 Å². The van der Waals surface area contributed by atoms with Gasteiger partial charge < -0.3 is 5.21 Å². The molecule has 1 rings (SSSR count). The number of aryl methyl sites for hydroxylation is 2. The Balaban J connectivity index is 3.10. The van der Waals surface area contributed by atoms with E-state index in [1.807, 2.05) is 19.9 Å². The maximum absolute atomic E-state index is 8.96. The van der Waals surface area contributed by atoms with Gasteiger partial charge in [-0.1, -0.05) is 18.2 Å². The van der Waals surface area contributed by atoms with E-state index in [2.05, 4.69) is 31.5 Å². The predicted molar refractivity (Wildman–Crippen MR) is 53.9 cm³/mol. The summed E-state index contributed by atoms with van der Waals surface area (Å²) in [5.74, 6) is 0. The lowest BCUT2D eigenvalue weighted by molar-refractivity contribution is 0.0806. The Labute approximate surface area is 79.6 Å². The molecule has 0 aliphatic carbocycles. The van der Waals surface area contributed by atoms with Crippen LogP contribution in [0.1, 0.15) is 30.5 Å². The molecule has 2 N–H and O–H groups in total. The SMILES string of the molecule is Cc1ccc(C(C)(C)NO)cc1C. The first-order valence-corrected chi connectivity index (χ1v) is 4.46. The van der Waals surface area contributed by atoms with Crippen LogP contribution in [0, 0.1) is 13.8 Å². The molecule has 0 saturated carbocycles. The Hall–Kier alpha value is -0.860. The van der Waals surface area contributed by atoms with Crippen molar-refractivity contribution in [3.8, 4) is 0 Å². The summed E-state index contributed by atoms with van der Waals surface area (Å²) in [6.45, 7) is 8.04. The van der Waals surface area contributed by atoms with E-state index in [9.17, 15) is 0 Å². The summed E-state index contributed by atoms with van der Waals surface area (Å²) in [6.07, 6.45) is 0. The zero-order chi connectivity index (χ0) is 10.1. The molecular weight excluding hydrogens is 162 g/mol. The fourth-order valence-electron chi connectivity index (χ4n) is 1.19. The minimum absolute atomic E-state index is 0.377. The van der Waals surface area contributed by atoms with Crippen molar-refractivity contribution in [1.29, 1.82) is 0 Å². The predicted octanol–water partition coefficient (Wildman–Crippen LogP) is 2.52. The van der Waals surface area contributed by atoms with Gasteiger partial charge in [-0.3, -0.25) is 0 Å². The lowest BCUT2D eigenvalue weighted by Gasteiger charge is -2.23. The average molecular weight is 179 g/mol. The van der Waals surface area contributed by atoms with E-state index in [0.717, 1.165) is 5.56 Å². The van der Waals surface area contributed by atoms with E-state index in [4.69, 9.17) is 5.21 Å². The van der Waals surface area contributed by atoms with Crippen LogP contribution in [0.5, 0.6) is 0 Å². The fourth-order valence-corrected chi connectivity index (χ4v) is 1.19. The second-order valence-electron chi connectivity index (χ2n) is 4.04. The normalized spacial score (nSPS) is 11.8. The van der Waals surface area contributed by atoms with Crippen molar-refractivity contribution in [2.45, 2.75) is 33.2 Å². The number of hydroxylamine groups is 1. The second-order valence-corrected chi connectivity index (χ2v) is 4.04. The number of nitrogens with one attached hydrogen (secondary N) is 1. The van der Waals surface area contributed by atoms with Crippen LogP contribution in [0.4, 0.5) is 0 Å². The van der Waals surface area contributed by atoms with E-state index in [1.54, 1.807) is 0 Å². The van der Waals surface area contributed by atoms with Gasteiger partial charge in [-0.25, -0.2) is 0 Å². The van der Waals surface area contributed by atoms with Gasteiger partial charge in [-0.15, -0.1) is 0 Å². The standard InChI is InChI=1S/C11H17NO/c1-8-5-6-10(7-9(8)2)11(3,4)12-13/h5-7,12-13H,1-4H3. The molecule has 0 atom stereocenters. The highest BCUT2D eigenvalue weighted by molar-refractivity contribution is 5.33. The van der Waals surface area contributed by atoms with Crippen LogP contribution in [0.2, 0.25) is 0 Å². The zero-order valence-electron chi connectivity index (χ0n) is 8.68. The number of hydrogen-bond donors (Lipinski definition) is 2. The van der Waals surface area contributed by atoms with Crippen molar-refractivity contribution in [1.82, 2.24) is 5.48 Å². The number of hydrogen-bond acceptors (Lipinski definition) is 2. The van der Waals surface area contributed by atoms with Gasteiger partial charge in [0, 0.05) is 0 Å². The van der Waals surface area contributed by atoms with Gasteiger partial charge in [0.25, 0.3) is 0 Å². The summed E-state index contributed by atoms with van der Waals surface area (Å²) >= 11 is 0. The average Bonchev–Trinajstić information content (AvgIpc) is 2.09. The summed E-state index contributed by atoms with van der Waals surface area (Å²) in [5.41, 5.74) is 5.55.